The standard InChI is InChI=1S/C17H19NO3/c1-13-7-3-5-9-15(13)18(2)11-12-21-16-10-6-4-8-14(16)17(19)20/h3-10H,11-12H2,1-2H3,(H,19,20). The molecule has 2 aromatic rings. The summed E-state index contributed by atoms with van der Waals surface area (Å²) >= 11 is 0. The van der Waals surface area contributed by atoms with Gasteiger partial charge in [-0.2, -0.15) is 0 Å². The highest BCUT2D eigenvalue weighted by Crippen LogP contribution is 2.19. The second-order valence-electron chi connectivity index (χ2n) is 4.86. The van der Waals surface area contributed by atoms with E-state index in [1.165, 1.54) is 5.56 Å². The molecule has 110 valence electrons. The highest BCUT2D eigenvalue weighted by molar-refractivity contribution is 5.90. The van der Waals surface area contributed by atoms with E-state index >= 15 is 0 Å². The van der Waals surface area contributed by atoms with E-state index < -0.39 is 5.97 Å². The first-order valence-corrected chi connectivity index (χ1v) is 6.81. The predicted molar refractivity (Wildman–Crippen MR) is 83.3 cm³/mol. The van der Waals surface area contributed by atoms with E-state index in [4.69, 9.17) is 9.84 Å². The van der Waals surface area contributed by atoms with Crippen LogP contribution in [-0.4, -0.2) is 31.3 Å². The number of benzene rings is 2. The number of anilines is 1. The summed E-state index contributed by atoms with van der Waals surface area (Å²) in [6, 6.07) is 14.8. The number of aryl methyl sites for hydroxylation is 1. The molecule has 2 aromatic carbocycles. The van der Waals surface area contributed by atoms with Crippen molar-refractivity contribution >= 4 is 11.7 Å². The topological polar surface area (TPSA) is 49.8 Å². The molecule has 0 aliphatic heterocycles. The second-order valence-corrected chi connectivity index (χ2v) is 4.86. The van der Waals surface area contributed by atoms with Crippen LogP contribution in [0.25, 0.3) is 0 Å². The van der Waals surface area contributed by atoms with Gasteiger partial charge >= 0.3 is 5.97 Å². The molecule has 0 atom stereocenters. The number of carboxylic acids is 1. The molecule has 0 heterocycles. The lowest BCUT2D eigenvalue weighted by Gasteiger charge is -2.21. The third-order valence-electron chi connectivity index (χ3n) is 3.33. The Balaban J connectivity index is 1.96. The molecule has 2 rings (SSSR count). The largest absolute Gasteiger partial charge is 0.491 e. The highest BCUT2D eigenvalue weighted by Gasteiger charge is 2.10. The van der Waals surface area contributed by atoms with Crippen LogP contribution in [0.5, 0.6) is 5.75 Å². The van der Waals surface area contributed by atoms with E-state index in [1.54, 1.807) is 24.3 Å². The Labute approximate surface area is 124 Å². The van der Waals surface area contributed by atoms with E-state index in [2.05, 4.69) is 24.0 Å². The van der Waals surface area contributed by atoms with Gasteiger partial charge in [-0.1, -0.05) is 30.3 Å². The first kappa shape index (κ1) is 14.9. The highest BCUT2D eigenvalue weighted by atomic mass is 16.5. The summed E-state index contributed by atoms with van der Waals surface area (Å²) in [5, 5.41) is 9.10. The molecule has 0 aliphatic carbocycles. The van der Waals surface area contributed by atoms with Crippen LogP contribution in [0.2, 0.25) is 0 Å². The molecule has 0 radical (unpaired) electrons. The summed E-state index contributed by atoms with van der Waals surface area (Å²) in [7, 11) is 1.99. The molecule has 4 heteroatoms. The minimum atomic E-state index is -0.974. The first-order chi connectivity index (χ1) is 10.1. The summed E-state index contributed by atoms with van der Waals surface area (Å²) in [4.78, 5) is 13.2. The summed E-state index contributed by atoms with van der Waals surface area (Å²) in [5.41, 5.74) is 2.54. The lowest BCUT2D eigenvalue weighted by Crippen LogP contribution is -2.24. The van der Waals surface area contributed by atoms with Crippen molar-refractivity contribution in [2.75, 3.05) is 25.1 Å². The van der Waals surface area contributed by atoms with Crippen molar-refractivity contribution < 1.29 is 14.6 Å². The Kier molecular flexibility index (Phi) is 4.82. The summed E-state index contributed by atoms with van der Waals surface area (Å²) in [6.45, 7) is 3.17. The van der Waals surface area contributed by atoms with Crippen molar-refractivity contribution in [1.82, 2.24) is 0 Å². The van der Waals surface area contributed by atoms with Crippen molar-refractivity contribution in [3.05, 3.63) is 59.7 Å². The molecular weight excluding hydrogens is 266 g/mol. The smallest absolute Gasteiger partial charge is 0.339 e. The van der Waals surface area contributed by atoms with Gasteiger partial charge in [0.25, 0.3) is 0 Å². The number of ether oxygens (including phenoxy) is 1. The molecule has 0 saturated carbocycles. The third kappa shape index (κ3) is 3.75. The maximum atomic E-state index is 11.1. The van der Waals surface area contributed by atoms with Gasteiger partial charge in [-0.3, -0.25) is 0 Å². The van der Waals surface area contributed by atoms with Crippen LogP contribution < -0.4 is 9.64 Å². The number of likely N-dealkylation sites (N-methyl/N-ethyl adjacent to an activating group) is 1. The molecule has 0 saturated heterocycles. The van der Waals surface area contributed by atoms with Gasteiger partial charge in [0, 0.05) is 12.7 Å². The normalized spacial score (nSPS) is 10.2. The molecular formula is C17H19NO3. The number of carboxylic acid groups (broad SMARTS) is 1. The van der Waals surface area contributed by atoms with E-state index in [-0.39, 0.29) is 5.56 Å². The molecule has 0 bridgehead atoms. The lowest BCUT2D eigenvalue weighted by molar-refractivity contribution is 0.0692. The van der Waals surface area contributed by atoms with Crippen LogP contribution in [-0.2, 0) is 0 Å². The fourth-order valence-electron chi connectivity index (χ4n) is 2.17. The average molecular weight is 285 g/mol. The van der Waals surface area contributed by atoms with Crippen LogP contribution in [0.15, 0.2) is 48.5 Å². The predicted octanol–water partition coefficient (Wildman–Crippen LogP) is 3.21. The van der Waals surface area contributed by atoms with Gasteiger partial charge in [-0.25, -0.2) is 4.79 Å². The van der Waals surface area contributed by atoms with Crippen molar-refractivity contribution in [2.45, 2.75) is 6.92 Å². The average Bonchev–Trinajstić information content (AvgIpc) is 2.48. The van der Waals surface area contributed by atoms with Crippen LogP contribution in [0.3, 0.4) is 0 Å². The maximum absolute atomic E-state index is 11.1. The second kappa shape index (κ2) is 6.79. The van der Waals surface area contributed by atoms with Gasteiger partial charge in [0.05, 0.1) is 6.54 Å². The van der Waals surface area contributed by atoms with Crippen molar-refractivity contribution in [3.8, 4) is 5.75 Å². The molecule has 0 aliphatic rings. The quantitative estimate of drug-likeness (QED) is 0.885. The number of rotatable bonds is 6. The Morgan fingerprint density at radius 2 is 1.81 bits per heavy atom. The van der Waals surface area contributed by atoms with E-state index in [1.807, 2.05) is 19.2 Å². The Hall–Kier alpha value is -2.49. The van der Waals surface area contributed by atoms with Crippen molar-refractivity contribution in [2.24, 2.45) is 0 Å². The lowest BCUT2D eigenvalue weighted by atomic mass is 10.2. The van der Waals surface area contributed by atoms with Gasteiger partial charge in [-0.05, 0) is 30.7 Å². The van der Waals surface area contributed by atoms with Gasteiger partial charge in [0.15, 0.2) is 0 Å². The Morgan fingerprint density at radius 1 is 1.14 bits per heavy atom. The van der Waals surface area contributed by atoms with Gasteiger partial charge in [0.2, 0.25) is 0 Å². The van der Waals surface area contributed by atoms with Gasteiger partial charge < -0.3 is 14.7 Å². The molecule has 0 unspecified atom stereocenters. The summed E-state index contributed by atoms with van der Waals surface area (Å²) < 4.78 is 5.61. The number of carbonyl (C=O) groups is 1. The summed E-state index contributed by atoms with van der Waals surface area (Å²) in [6.07, 6.45) is 0. The Bertz CT molecular complexity index is 625. The molecule has 21 heavy (non-hydrogen) atoms. The molecule has 0 fully saturated rings. The zero-order chi connectivity index (χ0) is 15.2. The molecule has 0 aromatic heterocycles. The number of para-hydroxylation sites is 2. The number of hydrogen-bond donors (Lipinski definition) is 1. The fourth-order valence-corrected chi connectivity index (χ4v) is 2.17. The number of hydrogen-bond acceptors (Lipinski definition) is 3. The third-order valence-corrected chi connectivity index (χ3v) is 3.33. The molecule has 4 nitrogen and oxygen atoms in total. The Morgan fingerprint density at radius 3 is 2.52 bits per heavy atom. The zero-order valence-corrected chi connectivity index (χ0v) is 12.2. The molecule has 1 N–H and O–H groups in total. The van der Waals surface area contributed by atoms with E-state index in [9.17, 15) is 4.79 Å². The molecule has 0 spiro atoms. The maximum Gasteiger partial charge on any atom is 0.339 e. The summed E-state index contributed by atoms with van der Waals surface area (Å²) in [5.74, 6) is -0.568. The fraction of sp³-hybridized carbons (Fsp3) is 0.235. The van der Waals surface area contributed by atoms with Crippen LogP contribution >= 0.6 is 0 Å². The zero-order valence-electron chi connectivity index (χ0n) is 12.2. The van der Waals surface area contributed by atoms with Crippen LogP contribution in [0.4, 0.5) is 5.69 Å². The first-order valence-electron chi connectivity index (χ1n) is 6.81. The van der Waals surface area contributed by atoms with E-state index in [0.29, 0.717) is 18.9 Å². The minimum Gasteiger partial charge on any atom is -0.491 e. The van der Waals surface area contributed by atoms with Gasteiger partial charge in [0.1, 0.15) is 17.9 Å². The van der Waals surface area contributed by atoms with Crippen molar-refractivity contribution in [1.29, 1.82) is 0 Å². The number of aromatic carboxylic acids is 1. The van der Waals surface area contributed by atoms with Crippen LogP contribution in [0.1, 0.15) is 15.9 Å². The van der Waals surface area contributed by atoms with Gasteiger partial charge in [-0.15, -0.1) is 0 Å². The monoisotopic (exact) mass is 285 g/mol. The van der Waals surface area contributed by atoms with Crippen LogP contribution in [0, 0.1) is 6.92 Å². The number of nitrogens with zero attached hydrogens (tertiary/aromatic N) is 1. The van der Waals surface area contributed by atoms with Crippen molar-refractivity contribution in [3.63, 3.8) is 0 Å². The minimum absolute atomic E-state index is 0.191. The van der Waals surface area contributed by atoms with E-state index in [0.717, 1.165) is 5.69 Å². The SMILES string of the molecule is Cc1ccccc1N(C)CCOc1ccccc1C(=O)O. The molecule has 0 amide bonds.